The molecule has 0 aliphatic carbocycles. The molecular weight excluding hydrogens is 480 g/mol. The lowest BCUT2D eigenvalue weighted by Crippen LogP contribution is -1.97. The molecule has 0 amide bonds. The van der Waals surface area contributed by atoms with Crippen LogP contribution < -0.4 is 0 Å². The third-order valence-corrected chi connectivity index (χ3v) is 6.99. The fourth-order valence-corrected chi connectivity index (χ4v) is 4.13. The van der Waals surface area contributed by atoms with Crippen LogP contribution in [0.5, 0.6) is 0 Å². The lowest BCUT2D eigenvalue weighted by atomic mass is 9.93. The Labute approximate surface area is 247 Å². The first-order valence-electron chi connectivity index (χ1n) is 14.7. The molecule has 0 saturated heterocycles. The fourth-order valence-electron chi connectivity index (χ4n) is 4.13. The molecular formula is C40H54. The summed E-state index contributed by atoms with van der Waals surface area (Å²) in [7, 11) is 0. The molecule has 0 bridgehead atoms. The highest BCUT2D eigenvalue weighted by Gasteiger charge is 2.05. The lowest BCUT2D eigenvalue weighted by Gasteiger charge is -2.12. The van der Waals surface area contributed by atoms with E-state index in [9.17, 15) is 0 Å². The van der Waals surface area contributed by atoms with Gasteiger partial charge in [-0.25, -0.2) is 0 Å². The summed E-state index contributed by atoms with van der Waals surface area (Å²) in [4.78, 5) is 0. The van der Waals surface area contributed by atoms with Crippen molar-refractivity contribution in [2.75, 3.05) is 0 Å². The van der Waals surface area contributed by atoms with Crippen LogP contribution in [-0.4, -0.2) is 0 Å². The molecule has 1 aromatic carbocycles. The van der Waals surface area contributed by atoms with Gasteiger partial charge in [0, 0.05) is 0 Å². The van der Waals surface area contributed by atoms with Crippen LogP contribution in [0.1, 0.15) is 90.0 Å². The Morgan fingerprint density at radius 3 is 1.52 bits per heavy atom. The van der Waals surface area contributed by atoms with Crippen LogP contribution >= 0.6 is 0 Å². The van der Waals surface area contributed by atoms with Crippen molar-refractivity contribution < 1.29 is 0 Å². The first kappa shape index (κ1) is 34.6. The van der Waals surface area contributed by atoms with Crippen LogP contribution in [0.25, 0.3) is 0 Å². The third-order valence-electron chi connectivity index (χ3n) is 6.99. The summed E-state index contributed by atoms with van der Waals surface area (Å²) in [6.07, 6.45) is 34.7. The van der Waals surface area contributed by atoms with Crippen LogP contribution in [0.4, 0.5) is 0 Å². The van der Waals surface area contributed by atoms with Crippen molar-refractivity contribution in [1.29, 1.82) is 0 Å². The summed E-state index contributed by atoms with van der Waals surface area (Å²) in [6.45, 7) is 21.8. The van der Waals surface area contributed by atoms with E-state index in [2.05, 4.69) is 166 Å². The first-order valence-corrected chi connectivity index (χ1v) is 14.7. The molecule has 40 heavy (non-hydrogen) atoms. The van der Waals surface area contributed by atoms with E-state index in [0.717, 1.165) is 25.7 Å². The van der Waals surface area contributed by atoms with E-state index in [1.54, 1.807) is 0 Å². The van der Waals surface area contributed by atoms with Crippen molar-refractivity contribution in [3.05, 3.63) is 153 Å². The Bertz CT molecular complexity index is 1250. The maximum Gasteiger partial charge on any atom is -0.0236 e. The number of hydrogen-bond donors (Lipinski definition) is 0. The topological polar surface area (TPSA) is 0 Å². The van der Waals surface area contributed by atoms with Gasteiger partial charge >= 0.3 is 0 Å². The van der Waals surface area contributed by atoms with Crippen LogP contribution in [0.3, 0.4) is 0 Å². The summed E-state index contributed by atoms with van der Waals surface area (Å²) in [5.41, 5.74) is 13.6. The average molecular weight is 535 g/mol. The van der Waals surface area contributed by atoms with Gasteiger partial charge in [-0.1, -0.05) is 131 Å². The van der Waals surface area contributed by atoms with E-state index in [1.807, 2.05) is 0 Å². The fraction of sp³-hybridized carbons (Fsp3) is 0.350. The van der Waals surface area contributed by atoms with Crippen molar-refractivity contribution in [3.8, 4) is 0 Å². The molecule has 0 aromatic heterocycles. The Morgan fingerprint density at radius 2 is 1.00 bits per heavy atom. The minimum atomic E-state index is 1.09. The number of rotatable bonds is 14. The molecule has 0 aliphatic rings. The highest BCUT2D eigenvalue weighted by atomic mass is 14.1. The highest BCUT2D eigenvalue weighted by molar-refractivity contribution is 5.39. The van der Waals surface area contributed by atoms with Crippen LogP contribution in [0, 0.1) is 20.8 Å². The summed E-state index contributed by atoms with van der Waals surface area (Å²) >= 11 is 0. The minimum absolute atomic E-state index is 1.09. The molecule has 214 valence electrons. The number of allylic oxidation sites excluding steroid dienone is 20. The standard InChI is InChI=1S/C40H54/c1-31(2)17-13-20-34(5)23-15-25-35(6)24-14-21-32(3)18-11-12-19-33(4)22-16-26-36(7)27-30-40-38(9)29-28-37(8)39(40)10/h11-12,14-19,21-26,28-29H,13,20,27,30H2,1-10H3/b12-11+,21-14+,22-16+,25-15+,32-18+,33-19+,34-23+,35-24+,36-26+. The van der Waals surface area contributed by atoms with E-state index >= 15 is 0 Å². The van der Waals surface area contributed by atoms with Gasteiger partial charge in [0.15, 0.2) is 0 Å². The molecule has 0 spiro atoms. The molecule has 0 heterocycles. The molecule has 0 fully saturated rings. The van der Waals surface area contributed by atoms with Gasteiger partial charge in [-0.2, -0.15) is 0 Å². The van der Waals surface area contributed by atoms with Gasteiger partial charge in [-0.05, 0) is 117 Å². The number of benzene rings is 1. The number of hydrogen-bond acceptors (Lipinski definition) is 0. The van der Waals surface area contributed by atoms with Gasteiger partial charge < -0.3 is 0 Å². The molecule has 0 radical (unpaired) electrons. The number of aryl methyl sites for hydroxylation is 2. The Hall–Kier alpha value is -3.38. The van der Waals surface area contributed by atoms with Crippen LogP contribution in [-0.2, 0) is 6.42 Å². The van der Waals surface area contributed by atoms with E-state index in [4.69, 9.17) is 0 Å². The Morgan fingerprint density at radius 1 is 0.550 bits per heavy atom. The monoisotopic (exact) mass is 534 g/mol. The zero-order valence-electron chi connectivity index (χ0n) is 27.1. The van der Waals surface area contributed by atoms with Gasteiger partial charge in [0.25, 0.3) is 0 Å². The maximum absolute atomic E-state index is 2.30. The highest BCUT2D eigenvalue weighted by Crippen LogP contribution is 2.20. The second-order valence-electron chi connectivity index (χ2n) is 11.3. The Kier molecular flexibility index (Phi) is 17.0. The van der Waals surface area contributed by atoms with Crippen molar-refractivity contribution in [2.24, 2.45) is 0 Å². The molecule has 0 nitrogen and oxygen atoms in total. The molecule has 0 aliphatic heterocycles. The molecule has 0 unspecified atom stereocenters. The summed E-state index contributed by atoms with van der Waals surface area (Å²) in [6, 6.07) is 4.47. The lowest BCUT2D eigenvalue weighted by molar-refractivity contribution is 0.918. The van der Waals surface area contributed by atoms with Crippen LogP contribution in [0.2, 0.25) is 0 Å². The summed E-state index contributed by atoms with van der Waals surface area (Å²) < 4.78 is 0. The van der Waals surface area contributed by atoms with E-state index in [-0.39, 0.29) is 0 Å². The Balaban J connectivity index is 2.54. The second-order valence-corrected chi connectivity index (χ2v) is 11.3. The molecule has 1 rings (SSSR count). The maximum atomic E-state index is 2.30. The predicted molar refractivity (Wildman–Crippen MR) is 183 cm³/mol. The molecule has 0 heteroatoms. The van der Waals surface area contributed by atoms with Crippen molar-refractivity contribution in [2.45, 2.75) is 94.9 Å². The zero-order valence-corrected chi connectivity index (χ0v) is 27.1. The minimum Gasteiger partial charge on any atom is -0.0856 e. The zero-order chi connectivity index (χ0) is 29.9. The van der Waals surface area contributed by atoms with Crippen molar-refractivity contribution >= 4 is 0 Å². The van der Waals surface area contributed by atoms with E-state index in [1.165, 1.54) is 55.7 Å². The first-order chi connectivity index (χ1) is 19.0. The largest absolute Gasteiger partial charge is 0.0856 e. The van der Waals surface area contributed by atoms with Crippen LogP contribution in [0.15, 0.2) is 131 Å². The van der Waals surface area contributed by atoms with Crippen molar-refractivity contribution in [1.82, 2.24) is 0 Å². The van der Waals surface area contributed by atoms with E-state index < -0.39 is 0 Å². The normalized spacial score (nSPS) is 14.5. The van der Waals surface area contributed by atoms with Crippen molar-refractivity contribution in [3.63, 3.8) is 0 Å². The predicted octanol–water partition coefficient (Wildman–Crippen LogP) is 12.2. The molecule has 0 atom stereocenters. The quantitative estimate of drug-likeness (QED) is 0.164. The molecule has 0 saturated carbocycles. The van der Waals surface area contributed by atoms with Gasteiger partial charge in [0.1, 0.15) is 0 Å². The smallest absolute Gasteiger partial charge is 0.0236 e. The molecule has 0 N–H and O–H groups in total. The SMILES string of the molecule is CC(C)=CCC/C(C)=C/C=C/C(C)=C/C=C/C(C)=C/C=C/C=C(C)/C=C/C=C(\C)CCc1c(C)ccc(C)c1C. The summed E-state index contributed by atoms with van der Waals surface area (Å²) in [5, 5.41) is 0. The van der Waals surface area contributed by atoms with Gasteiger partial charge in [-0.3, -0.25) is 0 Å². The second kappa shape index (κ2) is 19.6. The third kappa shape index (κ3) is 15.9. The molecule has 1 aromatic rings. The van der Waals surface area contributed by atoms with Gasteiger partial charge in [0.05, 0.1) is 0 Å². The van der Waals surface area contributed by atoms with Gasteiger partial charge in [-0.15, -0.1) is 0 Å². The van der Waals surface area contributed by atoms with Gasteiger partial charge in [0.2, 0.25) is 0 Å². The average Bonchev–Trinajstić information content (AvgIpc) is 2.88. The van der Waals surface area contributed by atoms with E-state index in [0.29, 0.717) is 0 Å². The summed E-state index contributed by atoms with van der Waals surface area (Å²) in [5.74, 6) is 0.